The largest absolute Gasteiger partial charge is 0.359 e. The summed E-state index contributed by atoms with van der Waals surface area (Å²) in [6.45, 7) is 1.61. The lowest BCUT2D eigenvalue weighted by molar-refractivity contribution is 0.602. The maximum Gasteiger partial charge on any atom is 0.232 e. The minimum atomic E-state index is -3.20. The van der Waals surface area contributed by atoms with Crippen molar-refractivity contribution in [2.24, 2.45) is 0 Å². The number of sulfonamides is 1. The van der Waals surface area contributed by atoms with Crippen LogP contribution in [0.25, 0.3) is 10.9 Å². The summed E-state index contributed by atoms with van der Waals surface area (Å²) in [5.41, 5.74) is 1.53. The van der Waals surface area contributed by atoms with Crippen LogP contribution in [-0.4, -0.2) is 19.2 Å². The molecule has 0 aliphatic carbocycles. The van der Waals surface area contributed by atoms with Crippen LogP contribution >= 0.6 is 0 Å². The predicted octanol–water partition coefficient (Wildman–Crippen LogP) is 1.93. The molecule has 80 valence electrons. The number of rotatable bonds is 3. The first-order valence-electron chi connectivity index (χ1n) is 4.69. The molecule has 0 radical (unpaired) electrons. The Hall–Kier alpha value is -1.49. The molecular weight excluding hydrogens is 212 g/mol. The molecule has 0 spiro atoms. The standard InChI is InChI=1S/C10H12N2O2S/c1-2-15(13,14)12-10-7-11-9-6-4-3-5-8(9)10/h3-7,11-12H,2H2,1H3. The second kappa shape index (κ2) is 3.58. The smallest absolute Gasteiger partial charge is 0.232 e. The fourth-order valence-corrected chi connectivity index (χ4v) is 2.04. The van der Waals surface area contributed by atoms with Crippen molar-refractivity contribution in [2.75, 3.05) is 10.5 Å². The van der Waals surface area contributed by atoms with Crippen molar-refractivity contribution in [3.63, 3.8) is 0 Å². The third-order valence-corrected chi connectivity index (χ3v) is 3.53. The molecule has 4 nitrogen and oxygen atoms in total. The van der Waals surface area contributed by atoms with Crippen molar-refractivity contribution in [1.29, 1.82) is 0 Å². The van der Waals surface area contributed by atoms with Gasteiger partial charge in [0.2, 0.25) is 10.0 Å². The summed E-state index contributed by atoms with van der Waals surface area (Å²) in [5, 5.41) is 0.884. The Morgan fingerprint density at radius 3 is 2.80 bits per heavy atom. The zero-order valence-electron chi connectivity index (χ0n) is 8.32. The van der Waals surface area contributed by atoms with Crippen molar-refractivity contribution in [2.45, 2.75) is 6.92 Å². The van der Waals surface area contributed by atoms with E-state index in [1.54, 1.807) is 13.1 Å². The summed E-state index contributed by atoms with van der Waals surface area (Å²) in [4.78, 5) is 3.01. The summed E-state index contributed by atoms with van der Waals surface area (Å²) in [5.74, 6) is 0.0759. The van der Waals surface area contributed by atoms with Crippen LogP contribution in [0, 0.1) is 0 Å². The first kappa shape index (κ1) is 10.0. The Labute approximate surface area is 88.4 Å². The van der Waals surface area contributed by atoms with E-state index in [0.29, 0.717) is 5.69 Å². The van der Waals surface area contributed by atoms with Crippen LogP contribution in [0.1, 0.15) is 6.92 Å². The molecule has 0 aliphatic rings. The highest BCUT2D eigenvalue weighted by atomic mass is 32.2. The third-order valence-electron chi connectivity index (χ3n) is 2.23. The molecule has 0 atom stereocenters. The molecule has 15 heavy (non-hydrogen) atoms. The maximum atomic E-state index is 11.4. The fourth-order valence-electron chi connectivity index (χ4n) is 1.40. The summed E-state index contributed by atoms with van der Waals surface area (Å²) in [7, 11) is -3.20. The van der Waals surface area contributed by atoms with Gasteiger partial charge in [0, 0.05) is 17.1 Å². The highest BCUT2D eigenvalue weighted by molar-refractivity contribution is 7.92. The lowest BCUT2D eigenvalue weighted by atomic mass is 10.2. The van der Waals surface area contributed by atoms with Crippen LogP contribution in [0.3, 0.4) is 0 Å². The summed E-state index contributed by atoms with van der Waals surface area (Å²) >= 11 is 0. The Balaban J connectivity index is 2.46. The number of H-pyrrole nitrogens is 1. The average molecular weight is 224 g/mol. The van der Waals surface area contributed by atoms with E-state index in [9.17, 15) is 8.42 Å². The molecule has 0 aliphatic heterocycles. The van der Waals surface area contributed by atoms with Crippen LogP contribution in [-0.2, 0) is 10.0 Å². The molecule has 2 N–H and O–H groups in total. The van der Waals surface area contributed by atoms with E-state index in [2.05, 4.69) is 9.71 Å². The first-order chi connectivity index (χ1) is 7.12. The summed E-state index contributed by atoms with van der Waals surface area (Å²) < 4.78 is 25.3. The highest BCUT2D eigenvalue weighted by Gasteiger charge is 2.09. The number of hydrogen-bond acceptors (Lipinski definition) is 2. The van der Waals surface area contributed by atoms with Crippen molar-refractivity contribution in [3.05, 3.63) is 30.5 Å². The molecule has 0 fully saturated rings. The van der Waals surface area contributed by atoms with Gasteiger partial charge in [0.05, 0.1) is 11.4 Å². The van der Waals surface area contributed by atoms with Gasteiger partial charge in [-0.15, -0.1) is 0 Å². The van der Waals surface area contributed by atoms with Gasteiger partial charge >= 0.3 is 0 Å². The molecule has 0 saturated carbocycles. The van der Waals surface area contributed by atoms with Crippen LogP contribution < -0.4 is 4.72 Å². The van der Waals surface area contributed by atoms with Gasteiger partial charge in [-0.3, -0.25) is 4.72 Å². The zero-order chi connectivity index (χ0) is 10.9. The number of hydrogen-bond donors (Lipinski definition) is 2. The SMILES string of the molecule is CCS(=O)(=O)Nc1c[nH]c2ccccc12. The molecule has 1 aromatic heterocycles. The van der Waals surface area contributed by atoms with Gasteiger partial charge in [0.1, 0.15) is 0 Å². The minimum Gasteiger partial charge on any atom is -0.359 e. The lowest BCUT2D eigenvalue weighted by Crippen LogP contribution is -2.14. The van der Waals surface area contributed by atoms with E-state index in [1.165, 1.54) is 0 Å². The molecular formula is C10H12N2O2S. The molecule has 1 aromatic carbocycles. The number of benzene rings is 1. The van der Waals surface area contributed by atoms with Gasteiger partial charge in [-0.25, -0.2) is 8.42 Å². The summed E-state index contributed by atoms with van der Waals surface area (Å²) in [6.07, 6.45) is 1.66. The molecule has 2 rings (SSSR count). The number of nitrogens with one attached hydrogen (secondary N) is 2. The predicted molar refractivity (Wildman–Crippen MR) is 61.4 cm³/mol. The Morgan fingerprint density at radius 1 is 1.33 bits per heavy atom. The maximum absolute atomic E-state index is 11.4. The van der Waals surface area contributed by atoms with Gasteiger partial charge in [-0.2, -0.15) is 0 Å². The summed E-state index contributed by atoms with van der Waals surface area (Å²) in [6, 6.07) is 7.55. The third kappa shape index (κ3) is 1.97. The van der Waals surface area contributed by atoms with Gasteiger partial charge < -0.3 is 4.98 Å². The highest BCUT2D eigenvalue weighted by Crippen LogP contribution is 2.23. The fraction of sp³-hybridized carbons (Fsp3) is 0.200. The van der Waals surface area contributed by atoms with E-state index in [-0.39, 0.29) is 5.75 Å². The number of fused-ring (bicyclic) bond motifs is 1. The molecule has 0 amide bonds. The Bertz CT molecular complexity index is 572. The molecule has 0 unspecified atom stereocenters. The normalized spacial score (nSPS) is 11.8. The van der Waals surface area contributed by atoms with E-state index in [1.807, 2.05) is 24.3 Å². The van der Waals surface area contributed by atoms with Gasteiger partial charge in [0.25, 0.3) is 0 Å². The van der Waals surface area contributed by atoms with Gasteiger partial charge in [0.15, 0.2) is 0 Å². The van der Waals surface area contributed by atoms with Crippen molar-refractivity contribution in [1.82, 2.24) is 4.98 Å². The zero-order valence-corrected chi connectivity index (χ0v) is 9.14. The van der Waals surface area contributed by atoms with E-state index < -0.39 is 10.0 Å². The first-order valence-corrected chi connectivity index (χ1v) is 6.34. The van der Waals surface area contributed by atoms with Gasteiger partial charge in [-0.05, 0) is 13.0 Å². The average Bonchev–Trinajstić information content (AvgIpc) is 2.62. The van der Waals surface area contributed by atoms with Crippen molar-refractivity contribution >= 4 is 26.6 Å². The number of aromatic amines is 1. The second-order valence-corrected chi connectivity index (χ2v) is 5.26. The van der Waals surface area contributed by atoms with Crippen LogP contribution in [0.5, 0.6) is 0 Å². The monoisotopic (exact) mass is 224 g/mol. The van der Waals surface area contributed by atoms with Crippen molar-refractivity contribution in [3.8, 4) is 0 Å². The van der Waals surface area contributed by atoms with E-state index in [4.69, 9.17) is 0 Å². The van der Waals surface area contributed by atoms with E-state index >= 15 is 0 Å². The Kier molecular flexibility index (Phi) is 2.40. The second-order valence-electron chi connectivity index (χ2n) is 3.25. The van der Waals surface area contributed by atoms with Crippen LogP contribution in [0.15, 0.2) is 30.5 Å². The van der Waals surface area contributed by atoms with Crippen LogP contribution in [0.2, 0.25) is 0 Å². The molecule has 2 aromatic rings. The number of aromatic nitrogens is 1. The molecule has 0 saturated heterocycles. The lowest BCUT2D eigenvalue weighted by Gasteiger charge is -2.03. The van der Waals surface area contributed by atoms with E-state index in [0.717, 1.165) is 10.9 Å². The quantitative estimate of drug-likeness (QED) is 0.836. The topological polar surface area (TPSA) is 62.0 Å². The molecule has 1 heterocycles. The number of para-hydroxylation sites is 1. The van der Waals surface area contributed by atoms with Gasteiger partial charge in [-0.1, -0.05) is 18.2 Å². The number of anilines is 1. The minimum absolute atomic E-state index is 0.0759. The van der Waals surface area contributed by atoms with Crippen molar-refractivity contribution < 1.29 is 8.42 Å². The molecule has 5 heteroatoms. The van der Waals surface area contributed by atoms with Crippen LogP contribution in [0.4, 0.5) is 5.69 Å². The molecule has 0 bridgehead atoms. The Morgan fingerprint density at radius 2 is 2.07 bits per heavy atom.